The molecule has 110 valence electrons. The maximum atomic E-state index is 2.45. The van der Waals surface area contributed by atoms with Crippen molar-refractivity contribution in [3.8, 4) is 11.3 Å². The van der Waals surface area contributed by atoms with E-state index in [-0.39, 0.29) is 0 Å². The number of aromatic nitrogens is 1. The highest BCUT2D eigenvalue weighted by atomic mass is 14.9. The third-order valence-corrected chi connectivity index (χ3v) is 4.81. The molecule has 1 aliphatic carbocycles. The Hall–Kier alpha value is -1.63. The first-order valence-corrected chi connectivity index (χ1v) is 8.18. The van der Waals surface area contributed by atoms with Crippen molar-refractivity contribution in [1.29, 1.82) is 0 Å². The summed E-state index contributed by atoms with van der Waals surface area (Å²) in [6.07, 6.45) is 7.39. The van der Waals surface area contributed by atoms with Gasteiger partial charge in [0.2, 0.25) is 5.69 Å². The number of hydrogen-bond donors (Lipinski definition) is 0. The molecule has 1 aromatic heterocycles. The lowest BCUT2D eigenvalue weighted by Crippen LogP contribution is -2.31. The number of fused-ring (bicyclic) bond motifs is 1. The van der Waals surface area contributed by atoms with Gasteiger partial charge in [-0.2, -0.15) is 0 Å². The Morgan fingerprint density at radius 3 is 2.33 bits per heavy atom. The Labute approximate surface area is 128 Å². The molecule has 0 saturated carbocycles. The van der Waals surface area contributed by atoms with Crippen LogP contribution in [0.15, 0.2) is 30.5 Å². The largest absolute Gasteiger partial charge is 0.212 e. The fraction of sp³-hybridized carbons (Fsp3) is 0.450. The van der Waals surface area contributed by atoms with Gasteiger partial charge < -0.3 is 0 Å². The van der Waals surface area contributed by atoms with Gasteiger partial charge in [-0.1, -0.05) is 19.9 Å². The van der Waals surface area contributed by atoms with Crippen LogP contribution in [-0.4, -0.2) is 0 Å². The average Bonchev–Trinajstić information content (AvgIpc) is 2.47. The van der Waals surface area contributed by atoms with Crippen LogP contribution in [0.4, 0.5) is 0 Å². The molecule has 0 spiro atoms. The zero-order valence-electron chi connectivity index (χ0n) is 13.7. The molecule has 0 saturated heterocycles. The standard InChI is InChI=1S/C20H26N/c1-14(2)16-9-10-21(4)20(13-16)19-12-18-8-6-5-7-17(18)11-15(19)3/h9-14H,5-8H2,1-4H3/q+1. The van der Waals surface area contributed by atoms with Gasteiger partial charge in [0.1, 0.15) is 7.05 Å². The molecule has 21 heavy (non-hydrogen) atoms. The van der Waals surface area contributed by atoms with Crippen LogP contribution in [-0.2, 0) is 19.9 Å². The minimum absolute atomic E-state index is 0.572. The summed E-state index contributed by atoms with van der Waals surface area (Å²) >= 11 is 0. The van der Waals surface area contributed by atoms with E-state index in [2.05, 4.69) is 62.8 Å². The van der Waals surface area contributed by atoms with E-state index in [1.807, 2.05) is 0 Å². The molecule has 1 aromatic carbocycles. The number of aryl methyl sites for hydroxylation is 4. The predicted octanol–water partition coefficient (Wildman–Crippen LogP) is 4.49. The van der Waals surface area contributed by atoms with Gasteiger partial charge in [-0.05, 0) is 66.8 Å². The molecule has 0 fully saturated rings. The first-order chi connectivity index (χ1) is 10.1. The van der Waals surface area contributed by atoms with Crippen LogP contribution in [0.25, 0.3) is 11.3 Å². The molecule has 0 N–H and O–H groups in total. The van der Waals surface area contributed by atoms with Crippen LogP contribution in [0.1, 0.15) is 54.9 Å². The van der Waals surface area contributed by atoms with Crippen LogP contribution in [0.2, 0.25) is 0 Å². The Kier molecular flexibility index (Phi) is 3.84. The summed E-state index contributed by atoms with van der Waals surface area (Å²) in [5.74, 6) is 0.572. The average molecular weight is 280 g/mol. The van der Waals surface area contributed by atoms with E-state index in [4.69, 9.17) is 0 Å². The summed E-state index contributed by atoms with van der Waals surface area (Å²) < 4.78 is 2.25. The topological polar surface area (TPSA) is 3.88 Å². The summed E-state index contributed by atoms with van der Waals surface area (Å²) in [7, 11) is 2.15. The highest BCUT2D eigenvalue weighted by Crippen LogP contribution is 2.30. The molecule has 1 heteroatoms. The van der Waals surface area contributed by atoms with Gasteiger partial charge in [-0.25, -0.2) is 4.57 Å². The molecule has 0 radical (unpaired) electrons. The van der Waals surface area contributed by atoms with E-state index in [1.165, 1.54) is 48.1 Å². The molecule has 0 atom stereocenters. The van der Waals surface area contributed by atoms with Crippen LogP contribution >= 0.6 is 0 Å². The lowest BCUT2D eigenvalue weighted by Gasteiger charge is -2.18. The van der Waals surface area contributed by atoms with E-state index in [0.29, 0.717) is 5.92 Å². The minimum atomic E-state index is 0.572. The predicted molar refractivity (Wildman–Crippen MR) is 88.5 cm³/mol. The smallest absolute Gasteiger partial charge is 0.201 e. The van der Waals surface area contributed by atoms with Crippen molar-refractivity contribution in [2.24, 2.45) is 7.05 Å². The zero-order chi connectivity index (χ0) is 15.0. The molecule has 1 aliphatic rings. The lowest BCUT2D eigenvalue weighted by atomic mass is 9.87. The van der Waals surface area contributed by atoms with Crippen LogP contribution < -0.4 is 4.57 Å². The van der Waals surface area contributed by atoms with Gasteiger partial charge in [0, 0.05) is 17.7 Å². The number of nitrogens with zero attached hydrogens (tertiary/aromatic N) is 1. The van der Waals surface area contributed by atoms with Gasteiger partial charge in [-0.3, -0.25) is 0 Å². The molecule has 1 nitrogen and oxygen atoms in total. The van der Waals surface area contributed by atoms with E-state index in [0.717, 1.165) is 0 Å². The van der Waals surface area contributed by atoms with Crippen molar-refractivity contribution in [3.05, 3.63) is 52.7 Å². The third-order valence-electron chi connectivity index (χ3n) is 4.81. The summed E-state index contributed by atoms with van der Waals surface area (Å²) in [4.78, 5) is 0. The second kappa shape index (κ2) is 5.63. The molecular weight excluding hydrogens is 254 g/mol. The molecular formula is C20H26N+. The van der Waals surface area contributed by atoms with Crippen LogP contribution in [0.3, 0.4) is 0 Å². The Morgan fingerprint density at radius 1 is 1.00 bits per heavy atom. The van der Waals surface area contributed by atoms with Gasteiger partial charge in [-0.15, -0.1) is 0 Å². The highest BCUT2D eigenvalue weighted by molar-refractivity contribution is 5.64. The summed E-state index contributed by atoms with van der Waals surface area (Å²) in [6, 6.07) is 9.47. The van der Waals surface area contributed by atoms with Gasteiger partial charge in [0.05, 0.1) is 0 Å². The van der Waals surface area contributed by atoms with E-state index in [9.17, 15) is 0 Å². The second-order valence-electron chi connectivity index (χ2n) is 6.75. The number of pyridine rings is 1. The van der Waals surface area contributed by atoms with E-state index in [1.54, 1.807) is 11.1 Å². The maximum Gasteiger partial charge on any atom is 0.212 e. The van der Waals surface area contributed by atoms with Gasteiger partial charge in [0.25, 0.3) is 0 Å². The molecule has 0 amide bonds. The van der Waals surface area contributed by atoms with E-state index >= 15 is 0 Å². The SMILES string of the molecule is Cc1cc2c(cc1-c1cc(C(C)C)cc[n+]1C)CCCC2. The van der Waals surface area contributed by atoms with Crippen molar-refractivity contribution >= 4 is 0 Å². The zero-order valence-corrected chi connectivity index (χ0v) is 13.7. The summed E-state index contributed by atoms with van der Waals surface area (Å²) in [6.45, 7) is 6.78. The molecule has 3 rings (SSSR count). The van der Waals surface area contributed by atoms with Crippen molar-refractivity contribution in [1.82, 2.24) is 0 Å². The quantitative estimate of drug-likeness (QED) is 0.714. The van der Waals surface area contributed by atoms with Gasteiger partial charge >= 0.3 is 0 Å². The monoisotopic (exact) mass is 280 g/mol. The van der Waals surface area contributed by atoms with E-state index < -0.39 is 0 Å². The maximum absolute atomic E-state index is 2.45. The first kappa shape index (κ1) is 14.3. The highest BCUT2D eigenvalue weighted by Gasteiger charge is 2.18. The van der Waals surface area contributed by atoms with Gasteiger partial charge in [0.15, 0.2) is 6.20 Å². The fourth-order valence-corrected chi connectivity index (χ4v) is 3.40. The van der Waals surface area contributed by atoms with Crippen molar-refractivity contribution in [2.45, 2.75) is 52.4 Å². The number of rotatable bonds is 2. The Bertz CT molecular complexity index is 668. The molecule has 0 unspecified atom stereocenters. The van der Waals surface area contributed by atoms with Crippen LogP contribution in [0.5, 0.6) is 0 Å². The summed E-state index contributed by atoms with van der Waals surface area (Å²) in [5, 5.41) is 0. The molecule has 0 aliphatic heterocycles. The molecule has 2 aromatic rings. The first-order valence-electron chi connectivity index (χ1n) is 8.18. The second-order valence-corrected chi connectivity index (χ2v) is 6.75. The fourth-order valence-electron chi connectivity index (χ4n) is 3.40. The Morgan fingerprint density at radius 2 is 1.67 bits per heavy atom. The molecule has 0 bridgehead atoms. The number of hydrogen-bond acceptors (Lipinski definition) is 0. The minimum Gasteiger partial charge on any atom is -0.201 e. The normalized spacial score (nSPS) is 14.3. The van der Waals surface area contributed by atoms with Crippen molar-refractivity contribution in [3.63, 3.8) is 0 Å². The van der Waals surface area contributed by atoms with Crippen LogP contribution in [0, 0.1) is 6.92 Å². The summed E-state index contributed by atoms with van der Waals surface area (Å²) in [5.41, 5.74) is 8.71. The Balaban J connectivity index is 2.14. The van der Waals surface area contributed by atoms with Crippen molar-refractivity contribution < 1.29 is 4.57 Å². The lowest BCUT2D eigenvalue weighted by molar-refractivity contribution is -0.660. The van der Waals surface area contributed by atoms with Crippen molar-refractivity contribution in [2.75, 3.05) is 0 Å². The third kappa shape index (κ3) is 2.74. The number of benzene rings is 1. The molecule has 1 heterocycles.